The Bertz CT molecular complexity index is 333. The molecule has 1 atom stereocenters. The van der Waals surface area contributed by atoms with E-state index in [-0.39, 0.29) is 11.9 Å². The van der Waals surface area contributed by atoms with Crippen molar-refractivity contribution in [3.8, 4) is 0 Å². The minimum absolute atomic E-state index is 0.00773. The molecule has 0 spiro atoms. The van der Waals surface area contributed by atoms with E-state index in [1.54, 1.807) is 0 Å². The molecule has 1 amide bonds. The number of thiophene rings is 1. The molecule has 0 aromatic carbocycles. The van der Waals surface area contributed by atoms with Gasteiger partial charge in [0, 0.05) is 12.6 Å². The Kier molecular flexibility index (Phi) is 4.29. The number of nitrogens with two attached hydrogens (primary N) is 1. The number of carbonyl (C=O) groups excluding carboxylic acids is 1. The topological polar surface area (TPSA) is 55.1 Å². The summed E-state index contributed by atoms with van der Waals surface area (Å²) in [6.45, 7) is 6.55. The van der Waals surface area contributed by atoms with Gasteiger partial charge in [-0.25, -0.2) is 0 Å². The van der Waals surface area contributed by atoms with Crippen LogP contribution in [0.2, 0.25) is 0 Å². The van der Waals surface area contributed by atoms with Crippen molar-refractivity contribution in [1.82, 2.24) is 5.32 Å². The molecule has 0 radical (unpaired) electrons. The first kappa shape index (κ1) is 12.2. The van der Waals surface area contributed by atoms with E-state index in [4.69, 9.17) is 5.73 Å². The highest BCUT2D eigenvalue weighted by Crippen LogP contribution is 2.24. The van der Waals surface area contributed by atoms with Gasteiger partial charge in [0.25, 0.3) is 5.91 Å². The summed E-state index contributed by atoms with van der Waals surface area (Å²) in [4.78, 5) is 12.7. The van der Waals surface area contributed by atoms with Crippen LogP contribution >= 0.6 is 11.3 Å². The molecule has 84 valence electrons. The lowest BCUT2D eigenvalue weighted by molar-refractivity contribution is 0.0944. The first-order chi connectivity index (χ1) is 7.06. The summed E-state index contributed by atoms with van der Waals surface area (Å²) in [5.41, 5.74) is 6.57. The normalized spacial score (nSPS) is 12.9. The standard InChI is InChI=1S/C11H18N2OS/c1-7(2)9-4-5-15-10(9)11(14)13-8(3)6-12/h4-5,7-8H,6,12H2,1-3H3,(H,13,14)/t8-/m0/s1. The maximum absolute atomic E-state index is 11.8. The van der Waals surface area contributed by atoms with Gasteiger partial charge in [-0.15, -0.1) is 11.3 Å². The number of carbonyl (C=O) groups is 1. The van der Waals surface area contributed by atoms with Crippen molar-refractivity contribution in [3.05, 3.63) is 21.9 Å². The van der Waals surface area contributed by atoms with Crippen LogP contribution < -0.4 is 11.1 Å². The number of hydrogen-bond acceptors (Lipinski definition) is 3. The van der Waals surface area contributed by atoms with Gasteiger partial charge in [0.15, 0.2) is 0 Å². The summed E-state index contributed by atoms with van der Waals surface area (Å²) >= 11 is 1.49. The van der Waals surface area contributed by atoms with Gasteiger partial charge in [0.1, 0.15) is 0 Å². The molecule has 0 bridgehead atoms. The van der Waals surface area contributed by atoms with E-state index in [2.05, 4.69) is 19.2 Å². The van der Waals surface area contributed by atoms with E-state index in [1.807, 2.05) is 18.4 Å². The van der Waals surface area contributed by atoms with Gasteiger partial charge in [0.2, 0.25) is 0 Å². The Labute approximate surface area is 94.7 Å². The second-order valence-electron chi connectivity index (χ2n) is 3.97. The van der Waals surface area contributed by atoms with Crippen LogP contribution in [0.3, 0.4) is 0 Å². The molecule has 3 N–H and O–H groups in total. The van der Waals surface area contributed by atoms with E-state index >= 15 is 0 Å². The van der Waals surface area contributed by atoms with Crippen molar-refractivity contribution in [2.75, 3.05) is 6.54 Å². The monoisotopic (exact) mass is 226 g/mol. The zero-order valence-corrected chi connectivity index (χ0v) is 10.2. The molecule has 1 heterocycles. The third-order valence-corrected chi connectivity index (χ3v) is 3.18. The molecule has 1 aromatic heterocycles. The fourth-order valence-electron chi connectivity index (χ4n) is 1.31. The second-order valence-corrected chi connectivity index (χ2v) is 4.89. The van der Waals surface area contributed by atoms with E-state index in [0.717, 1.165) is 10.4 Å². The van der Waals surface area contributed by atoms with Crippen molar-refractivity contribution in [3.63, 3.8) is 0 Å². The van der Waals surface area contributed by atoms with Crippen LogP contribution in [0, 0.1) is 0 Å². The molecular weight excluding hydrogens is 208 g/mol. The highest BCUT2D eigenvalue weighted by atomic mass is 32.1. The van der Waals surface area contributed by atoms with Crippen LogP contribution in [0.25, 0.3) is 0 Å². The molecule has 0 unspecified atom stereocenters. The van der Waals surface area contributed by atoms with Crippen molar-refractivity contribution >= 4 is 17.2 Å². The highest BCUT2D eigenvalue weighted by Gasteiger charge is 2.16. The zero-order valence-electron chi connectivity index (χ0n) is 9.41. The Morgan fingerprint density at radius 2 is 2.20 bits per heavy atom. The predicted octanol–water partition coefficient (Wildman–Crippen LogP) is 1.95. The lowest BCUT2D eigenvalue weighted by atomic mass is 10.0. The summed E-state index contributed by atoms with van der Waals surface area (Å²) in [7, 11) is 0. The summed E-state index contributed by atoms with van der Waals surface area (Å²) in [6.07, 6.45) is 0. The molecule has 0 aliphatic heterocycles. The van der Waals surface area contributed by atoms with Crippen LogP contribution in [0.1, 0.15) is 41.9 Å². The highest BCUT2D eigenvalue weighted by molar-refractivity contribution is 7.12. The van der Waals surface area contributed by atoms with Crippen LogP contribution in [0.15, 0.2) is 11.4 Å². The Morgan fingerprint density at radius 1 is 1.53 bits per heavy atom. The fraction of sp³-hybridized carbons (Fsp3) is 0.545. The summed E-state index contributed by atoms with van der Waals surface area (Å²) in [5, 5.41) is 4.83. The predicted molar refractivity (Wildman–Crippen MR) is 64.4 cm³/mol. The van der Waals surface area contributed by atoms with Crippen LogP contribution in [-0.2, 0) is 0 Å². The molecule has 0 saturated heterocycles. The van der Waals surface area contributed by atoms with Gasteiger partial charge in [0.05, 0.1) is 4.88 Å². The third kappa shape index (κ3) is 3.04. The summed E-state index contributed by atoms with van der Waals surface area (Å²) < 4.78 is 0. The van der Waals surface area contributed by atoms with Crippen molar-refractivity contribution in [2.24, 2.45) is 5.73 Å². The number of amides is 1. The van der Waals surface area contributed by atoms with E-state index in [1.165, 1.54) is 11.3 Å². The van der Waals surface area contributed by atoms with E-state index < -0.39 is 0 Å². The average molecular weight is 226 g/mol. The van der Waals surface area contributed by atoms with Crippen molar-refractivity contribution in [2.45, 2.75) is 32.7 Å². The molecule has 1 aromatic rings. The fourth-order valence-corrected chi connectivity index (χ4v) is 2.26. The third-order valence-electron chi connectivity index (χ3n) is 2.25. The molecule has 0 saturated carbocycles. The molecule has 0 aliphatic carbocycles. The summed E-state index contributed by atoms with van der Waals surface area (Å²) in [5.74, 6) is 0.372. The van der Waals surface area contributed by atoms with Gasteiger partial charge in [-0.1, -0.05) is 13.8 Å². The van der Waals surface area contributed by atoms with Gasteiger partial charge >= 0.3 is 0 Å². The number of nitrogens with one attached hydrogen (secondary N) is 1. The molecular formula is C11H18N2OS. The molecule has 0 aliphatic rings. The first-order valence-electron chi connectivity index (χ1n) is 5.14. The molecule has 15 heavy (non-hydrogen) atoms. The molecule has 4 heteroatoms. The van der Waals surface area contributed by atoms with Gasteiger partial charge in [-0.05, 0) is 29.9 Å². The van der Waals surface area contributed by atoms with Crippen LogP contribution in [0.5, 0.6) is 0 Å². The van der Waals surface area contributed by atoms with Crippen LogP contribution in [-0.4, -0.2) is 18.5 Å². The van der Waals surface area contributed by atoms with Gasteiger partial charge < -0.3 is 11.1 Å². The number of hydrogen-bond donors (Lipinski definition) is 2. The van der Waals surface area contributed by atoms with Gasteiger partial charge in [-0.3, -0.25) is 4.79 Å². The lowest BCUT2D eigenvalue weighted by Gasteiger charge is -2.12. The van der Waals surface area contributed by atoms with Crippen LogP contribution in [0.4, 0.5) is 0 Å². The average Bonchev–Trinajstić information content (AvgIpc) is 2.65. The minimum Gasteiger partial charge on any atom is -0.348 e. The zero-order chi connectivity index (χ0) is 11.4. The molecule has 1 rings (SSSR count). The van der Waals surface area contributed by atoms with Gasteiger partial charge in [-0.2, -0.15) is 0 Å². The summed E-state index contributed by atoms with van der Waals surface area (Å²) in [6, 6.07) is 2.04. The SMILES string of the molecule is CC(C)c1ccsc1C(=O)N[C@@H](C)CN. The quantitative estimate of drug-likeness (QED) is 0.824. The second kappa shape index (κ2) is 5.28. The van der Waals surface area contributed by atoms with Crippen molar-refractivity contribution < 1.29 is 4.79 Å². The smallest absolute Gasteiger partial charge is 0.261 e. The first-order valence-corrected chi connectivity index (χ1v) is 6.02. The Hall–Kier alpha value is -0.870. The largest absolute Gasteiger partial charge is 0.348 e. The maximum Gasteiger partial charge on any atom is 0.261 e. The minimum atomic E-state index is -0.00773. The molecule has 0 fully saturated rings. The lowest BCUT2D eigenvalue weighted by Crippen LogP contribution is -2.37. The van der Waals surface area contributed by atoms with E-state index in [0.29, 0.717) is 12.5 Å². The molecule has 3 nitrogen and oxygen atoms in total. The Morgan fingerprint density at radius 3 is 2.73 bits per heavy atom. The Balaban J connectivity index is 2.77. The van der Waals surface area contributed by atoms with Crippen molar-refractivity contribution in [1.29, 1.82) is 0 Å². The number of rotatable bonds is 4. The maximum atomic E-state index is 11.8. The van der Waals surface area contributed by atoms with E-state index in [9.17, 15) is 4.79 Å².